The lowest BCUT2D eigenvalue weighted by Crippen LogP contribution is -2.37. The molecule has 0 spiro atoms. The zero-order valence-electron chi connectivity index (χ0n) is 14.6. The second kappa shape index (κ2) is 7.09. The van der Waals surface area contributed by atoms with Crippen molar-refractivity contribution in [2.45, 2.75) is 6.54 Å². The van der Waals surface area contributed by atoms with E-state index in [0.29, 0.717) is 25.4 Å². The van der Waals surface area contributed by atoms with Gasteiger partial charge in [0.05, 0.1) is 24.8 Å². The number of carbonyl (C=O) groups is 1. The van der Waals surface area contributed by atoms with Gasteiger partial charge in [-0.3, -0.25) is 9.48 Å². The number of carbonyl (C=O) groups excluding carboxylic acids is 1. The molecule has 8 heteroatoms. The Hall–Kier alpha value is -3.00. The standard InChI is InChI=1S/C18H20N6O2/c1-23-16-14(12-20-23)17(24-7-9-26-10-8-24)22-15(21-16)18(25)19-11-13-5-3-2-4-6-13/h2-6,12H,7-11H2,1H3,(H,19,25). The SMILES string of the molecule is Cn1ncc2c(N3CCOCC3)nc(C(=O)NCc3ccccc3)nc21. The predicted octanol–water partition coefficient (Wildman–Crippen LogP) is 1.13. The van der Waals surface area contributed by atoms with E-state index in [4.69, 9.17) is 4.74 Å². The van der Waals surface area contributed by atoms with E-state index in [-0.39, 0.29) is 11.7 Å². The molecule has 0 radical (unpaired) electrons. The van der Waals surface area contributed by atoms with E-state index in [1.54, 1.807) is 10.9 Å². The third-order valence-corrected chi connectivity index (χ3v) is 4.38. The lowest BCUT2D eigenvalue weighted by atomic mass is 10.2. The fourth-order valence-corrected chi connectivity index (χ4v) is 2.98. The van der Waals surface area contributed by atoms with Gasteiger partial charge >= 0.3 is 0 Å². The van der Waals surface area contributed by atoms with Gasteiger partial charge in [0.2, 0.25) is 5.82 Å². The molecule has 1 aromatic carbocycles. The monoisotopic (exact) mass is 352 g/mol. The highest BCUT2D eigenvalue weighted by Gasteiger charge is 2.21. The van der Waals surface area contributed by atoms with Crippen LogP contribution in [0, 0.1) is 0 Å². The molecule has 0 aliphatic carbocycles. The number of ether oxygens (including phenoxy) is 1. The van der Waals surface area contributed by atoms with Crippen LogP contribution in [0.25, 0.3) is 11.0 Å². The van der Waals surface area contributed by atoms with E-state index in [2.05, 4.69) is 25.3 Å². The molecule has 2 aromatic heterocycles. The summed E-state index contributed by atoms with van der Waals surface area (Å²) in [6.45, 7) is 3.17. The molecule has 3 heterocycles. The average molecular weight is 352 g/mol. The quantitative estimate of drug-likeness (QED) is 0.758. The van der Waals surface area contributed by atoms with E-state index in [1.807, 2.05) is 37.4 Å². The highest BCUT2D eigenvalue weighted by molar-refractivity contribution is 5.95. The number of hydrogen-bond donors (Lipinski definition) is 1. The summed E-state index contributed by atoms with van der Waals surface area (Å²) in [6.07, 6.45) is 1.74. The lowest BCUT2D eigenvalue weighted by molar-refractivity contribution is 0.0940. The van der Waals surface area contributed by atoms with Gasteiger partial charge in [0, 0.05) is 26.7 Å². The minimum absolute atomic E-state index is 0.151. The molecule has 3 aromatic rings. The highest BCUT2D eigenvalue weighted by atomic mass is 16.5. The number of fused-ring (bicyclic) bond motifs is 1. The van der Waals surface area contributed by atoms with E-state index in [1.165, 1.54) is 0 Å². The van der Waals surface area contributed by atoms with Gasteiger partial charge in [0.1, 0.15) is 5.82 Å². The first-order chi connectivity index (χ1) is 12.7. The number of anilines is 1. The first-order valence-electron chi connectivity index (χ1n) is 8.57. The van der Waals surface area contributed by atoms with Crippen LogP contribution >= 0.6 is 0 Å². The van der Waals surface area contributed by atoms with Crippen LogP contribution in [0.15, 0.2) is 36.5 Å². The fraction of sp³-hybridized carbons (Fsp3) is 0.333. The van der Waals surface area contributed by atoms with Gasteiger partial charge < -0.3 is 15.0 Å². The molecule has 1 aliphatic heterocycles. The molecule has 0 atom stereocenters. The molecule has 26 heavy (non-hydrogen) atoms. The number of aryl methyl sites for hydroxylation is 1. The lowest BCUT2D eigenvalue weighted by Gasteiger charge is -2.28. The van der Waals surface area contributed by atoms with Gasteiger partial charge in [-0.15, -0.1) is 0 Å². The average Bonchev–Trinajstić information content (AvgIpc) is 3.08. The number of benzene rings is 1. The fourth-order valence-electron chi connectivity index (χ4n) is 2.98. The molecule has 134 valence electrons. The first-order valence-corrected chi connectivity index (χ1v) is 8.57. The molecule has 0 saturated carbocycles. The molecule has 1 aliphatic rings. The Labute approximate surface area is 150 Å². The maximum atomic E-state index is 12.6. The third-order valence-electron chi connectivity index (χ3n) is 4.38. The Morgan fingerprint density at radius 3 is 2.73 bits per heavy atom. The summed E-state index contributed by atoms with van der Waals surface area (Å²) in [7, 11) is 1.81. The topological polar surface area (TPSA) is 85.2 Å². The number of amides is 1. The van der Waals surface area contributed by atoms with Crippen LogP contribution in [-0.2, 0) is 18.3 Å². The Morgan fingerprint density at radius 2 is 1.96 bits per heavy atom. The van der Waals surface area contributed by atoms with Crippen LogP contribution in [0.2, 0.25) is 0 Å². The van der Waals surface area contributed by atoms with Crippen molar-refractivity contribution in [3.8, 4) is 0 Å². The van der Waals surface area contributed by atoms with E-state index < -0.39 is 0 Å². The number of morpholine rings is 1. The van der Waals surface area contributed by atoms with Crippen LogP contribution in [0.3, 0.4) is 0 Å². The molecular formula is C18H20N6O2. The van der Waals surface area contributed by atoms with Gasteiger partial charge in [-0.25, -0.2) is 9.97 Å². The van der Waals surface area contributed by atoms with Crippen molar-refractivity contribution in [2.24, 2.45) is 7.05 Å². The zero-order chi connectivity index (χ0) is 17.9. The van der Waals surface area contributed by atoms with Crippen molar-refractivity contribution in [3.05, 3.63) is 47.9 Å². The smallest absolute Gasteiger partial charge is 0.289 e. The largest absolute Gasteiger partial charge is 0.378 e. The van der Waals surface area contributed by atoms with Crippen LogP contribution in [0.1, 0.15) is 16.2 Å². The Balaban J connectivity index is 1.63. The Bertz CT molecular complexity index is 918. The van der Waals surface area contributed by atoms with Crippen molar-refractivity contribution < 1.29 is 9.53 Å². The Morgan fingerprint density at radius 1 is 1.19 bits per heavy atom. The predicted molar refractivity (Wildman–Crippen MR) is 96.9 cm³/mol. The van der Waals surface area contributed by atoms with Gasteiger partial charge in [-0.1, -0.05) is 30.3 Å². The van der Waals surface area contributed by atoms with Crippen LogP contribution in [0.5, 0.6) is 0 Å². The molecule has 1 fully saturated rings. The number of nitrogens with zero attached hydrogens (tertiary/aromatic N) is 5. The van der Waals surface area contributed by atoms with Gasteiger partial charge in [0.25, 0.3) is 5.91 Å². The minimum Gasteiger partial charge on any atom is -0.378 e. The maximum Gasteiger partial charge on any atom is 0.289 e. The summed E-state index contributed by atoms with van der Waals surface area (Å²) >= 11 is 0. The molecule has 1 saturated heterocycles. The van der Waals surface area contributed by atoms with Gasteiger partial charge in [0.15, 0.2) is 5.65 Å². The van der Waals surface area contributed by atoms with Crippen LogP contribution in [0.4, 0.5) is 5.82 Å². The normalized spacial score (nSPS) is 14.6. The molecule has 0 bridgehead atoms. The summed E-state index contributed by atoms with van der Waals surface area (Å²) in [5, 5.41) is 8.00. The molecular weight excluding hydrogens is 332 g/mol. The molecule has 1 N–H and O–H groups in total. The molecule has 1 amide bonds. The van der Waals surface area contributed by atoms with Crippen molar-refractivity contribution in [2.75, 3.05) is 31.2 Å². The summed E-state index contributed by atoms with van der Waals surface area (Å²) in [4.78, 5) is 23.7. The maximum absolute atomic E-state index is 12.6. The summed E-state index contributed by atoms with van der Waals surface area (Å²) in [6, 6.07) is 9.75. The zero-order valence-corrected chi connectivity index (χ0v) is 14.6. The van der Waals surface area contributed by atoms with E-state index >= 15 is 0 Å². The summed E-state index contributed by atoms with van der Waals surface area (Å²) in [5.74, 6) is 0.584. The van der Waals surface area contributed by atoms with Crippen LogP contribution in [-0.4, -0.2) is 52.0 Å². The van der Waals surface area contributed by atoms with Crippen molar-refractivity contribution in [1.82, 2.24) is 25.1 Å². The van der Waals surface area contributed by atoms with Gasteiger partial charge in [-0.2, -0.15) is 5.10 Å². The second-order valence-electron chi connectivity index (χ2n) is 6.14. The van der Waals surface area contributed by atoms with Crippen LogP contribution < -0.4 is 10.2 Å². The third kappa shape index (κ3) is 3.23. The number of hydrogen-bond acceptors (Lipinski definition) is 6. The molecule has 0 unspecified atom stereocenters. The molecule has 4 rings (SSSR count). The second-order valence-corrected chi connectivity index (χ2v) is 6.14. The van der Waals surface area contributed by atoms with E-state index in [0.717, 1.165) is 29.9 Å². The minimum atomic E-state index is -0.300. The summed E-state index contributed by atoms with van der Waals surface area (Å²) in [5.41, 5.74) is 1.67. The highest BCUT2D eigenvalue weighted by Crippen LogP contribution is 2.24. The first kappa shape index (κ1) is 16.5. The van der Waals surface area contributed by atoms with Crippen molar-refractivity contribution >= 4 is 22.8 Å². The van der Waals surface area contributed by atoms with Crippen molar-refractivity contribution in [1.29, 1.82) is 0 Å². The Kier molecular flexibility index (Phi) is 4.49. The van der Waals surface area contributed by atoms with E-state index in [9.17, 15) is 4.79 Å². The number of rotatable bonds is 4. The number of aromatic nitrogens is 4. The van der Waals surface area contributed by atoms with Gasteiger partial charge in [-0.05, 0) is 5.56 Å². The summed E-state index contributed by atoms with van der Waals surface area (Å²) < 4.78 is 7.08. The number of nitrogens with one attached hydrogen (secondary N) is 1. The molecule has 8 nitrogen and oxygen atoms in total. The van der Waals surface area contributed by atoms with Crippen molar-refractivity contribution in [3.63, 3.8) is 0 Å².